The Morgan fingerprint density at radius 1 is 1.42 bits per heavy atom. The number of aromatic carboxylic acids is 1. The molecule has 26 heavy (non-hydrogen) atoms. The van der Waals surface area contributed by atoms with Crippen molar-refractivity contribution < 1.29 is 32.6 Å². The summed E-state index contributed by atoms with van der Waals surface area (Å²) in [7, 11) is -4.14. The third-order valence-corrected chi connectivity index (χ3v) is 6.51. The van der Waals surface area contributed by atoms with Gasteiger partial charge in [-0.3, -0.25) is 4.79 Å². The van der Waals surface area contributed by atoms with E-state index in [-0.39, 0.29) is 19.0 Å². The summed E-state index contributed by atoms with van der Waals surface area (Å²) < 4.78 is 31.3. The standard InChI is InChI=1S/C16H24N2O7S/c1-10(2)16(3,22)9-17-14(19)11-5-4-8-18(11)26(23,24)13-7-6-12(25-13)15(20)21/h6-7,10-11,22H,4-5,8-9H2,1-3H3,(H,17,19)(H,20,21). The molecule has 1 amide bonds. The van der Waals surface area contributed by atoms with Crippen molar-refractivity contribution in [3.8, 4) is 0 Å². The average molecular weight is 388 g/mol. The van der Waals surface area contributed by atoms with Gasteiger partial charge in [0.2, 0.25) is 16.8 Å². The number of carbonyl (C=O) groups is 2. The van der Waals surface area contributed by atoms with Crippen molar-refractivity contribution in [3.05, 3.63) is 17.9 Å². The molecule has 0 aliphatic carbocycles. The van der Waals surface area contributed by atoms with Crippen LogP contribution in [0.3, 0.4) is 0 Å². The van der Waals surface area contributed by atoms with E-state index in [1.165, 1.54) is 0 Å². The number of furan rings is 1. The molecule has 2 atom stereocenters. The van der Waals surface area contributed by atoms with Gasteiger partial charge < -0.3 is 19.9 Å². The molecular formula is C16H24N2O7S. The average Bonchev–Trinajstić information content (AvgIpc) is 3.21. The van der Waals surface area contributed by atoms with Gasteiger partial charge in [-0.1, -0.05) is 13.8 Å². The summed E-state index contributed by atoms with van der Waals surface area (Å²) in [4.78, 5) is 23.3. The van der Waals surface area contributed by atoms with Gasteiger partial charge in [0.25, 0.3) is 10.0 Å². The summed E-state index contributed by atoms with van der Waals surface area (Å²) in [6.45, 7) is 5.35. The largest absolute Gasteiger partial charge is 0.475 e. The highest BCUT2D eigenvalue weighted by Gasteiger charge is 2.41. The molecule has 1 aromatic heterocycles. The van der Waals surface area contributed by atoms with Crippen molar-refractivity contribution in [2.75, 3.05) is 13.1 Å². The molecule has 0 aromatic carbocycles. The molecule has 0 saturated carbocycles. The Balaban J connectivity index is 2.15. The van der Waals surface area contributed by atoms with E-state index in [4.69, 9.17) is 9.52 Å². The van der Waals surface area contributed by atoms with Crippen LogP contribution in [0.5, 0.6) is 0 Å². The first-order chi connectivity index (χ1) is 12.0. The van der Waals surface area contributed by atoms with Crippen LogP contribution in [0.1, 0.15) is 44.2 Å². The van der Waals surface area contributed by atoms with Crippen molar-refractivity contribution in [1.82, 2.24) is 9.62 Å². The maximum Gasteiger partial charge on any atom is 0.371 e. The van der Waals surface area contributed by atoms with Crippen LogP contribution in [0.4, 0.5) is 0 Å². The second-order valence-corrected chi connectivity index (χ2v) is 8.75. The molecule has 0 spiro atoms. The second kappa shape index (κ2) is 7.37. The molecular weight excluding hydrogens is 364 g/mol. The van der Waals surface area contributed by atoms with E-state index in [9.17, 15) is 23.1 Å². The molecule has 1 fully saturated rings. The van der Waals surface area contributed by atoms with E-state index in [1.54, 1.807) is 6.92 Å². The summed E-state index contributed by atoms with van der Waals surface area (Å²) in [6.07, 6.45) is 0.825. The number of nitrogens with zero attached hydrogens (tertiary/aromatic N) is 1. The number of carboxylic acid groups (broad SMARTS) is 1. The highest BCUT2D eigenvalue weighted by molar-refractivity contribution is 7.89. The molecule has 2 rings (SSSR count). The number of sulfonamides is 1. The number of rotatable bonds is 7. The zero-order chi connectivity index (χ0) is 19.7. The Kier molecular flexibility index (Phi) is 5.79. The van der Waals surface area contributed by atoms with Crippen LogP contribution < -0.4 is 5.32 Å². The van der Waals surface area contributed by atoms with Crippen LogP contribution in [0.2, 0.25) is 0 Å². The predicted molar refractivity (Wildman–Crippen MR) is 91.1 cm³/mol. The van der Waals surface area contributed by atoms with Gasteiger partial charge in [0, 0.05) is 13.1 Å². The fourth-order valence-electron chi connectivity index (χ4n) is 2.57. The number of amides is 1. The van der Waals surface area contributed by atoms with Crippen LogP contribution >= 0.6 is 0 Å². The first-order valence-corrected chi connectivity index (χ1v) is 9.76. The van der Waals surface area contributed by atoms with Gasteiger partial charge in [0.15, 0.2) is 0 Å². The fraction of sp³-hybridized carbons (Fsp3) is 0.625. The lowest BCUT2D eigenvalue weighted by molar-refractivity contribution is -0.125. The van der Waals surface area contributed by atoms with Crippen molar-refractivity contribution in [1.29, 1.82) is 0 Å². The normalized spacial score (nSPS) is 20.9. The lowest BCUT2D eigenvalue weighted by atomic mass is 9.92. The first kappa shape index (κ1) is 20.4. The summed E-state index contributed by atoms with van der Waals surface area (Å²) in [5.41, 5.74) is -1.12. The topological polar surface area (TPSA) is 137 Å². The summed E-state index contributed by atoms with van der Waals surface area (Å²) in [6, 6.07) is 1.19. The highest BCUT2D eigenvalue weighted by Crippen LogP contribution is 2.27. The SMILES string of the molecule is CC(C)C(C)(O)CNC(=O)C1CCCN1S(=O)(=O)c1ccc(C(=O)O)o1. The molecule has 0 bridgehead atoms. The molecule has 1 aliphatic rings. The van der Waals surface area contributed by atoms with E-state index in [1.807, 2.05) is 13.8 Å². The number of carboxylic acids is 1. The van der Waals surface area contributed by atoms with Gasteiger partial charge in [-0.05, 0) is 37.8 Å². The predicted octanol–water partition coefficient (Wildman–Crippen LogP) is 0.654. The molecule has 146 valence electrons. The van der Waals surface area contributed by atoms with E-state index in [0.717, 1.165) is 16.4 Å². The lowest BCUT2D eigenvalue weighted by Crippen LogP contribution is -2.50. The molecule has 1 saturated heterocycles. The highest BCUT2D eigenvalue weighted by atomic mass is 32.2. The van der Waals surface area contributed by atoms with Gasteiger partial charge in [-0.2, -0.15) is 4.31 Å². The van der Waals surface area contributed by atoms with Gasteiger partial charge in [0.05, 0.1) is 5.60 Å². The number of nitrogens with one attached hydrogen (secondary N) is 1. The molecule has 2 heterocycles. The molecule has 2 unspecified atom stereocenters. The third-order valence-electron chi connectivity index (χ3n) is 4.73. The zero-order valence-electron chi connectivity index (χ0n) is 14.9. The summed E-state index contributed by atoms with van der Waals surface area (Å²) in [5.74, 6) is -2.46. The third kappa shape index (κ3) is 4.08. The Morgan fingerprint density at radius 2 is 2.08 bits per heavy atom. The first-order valence-electron chi connectivity index (χ1n) is 8.32. The van der Waals surface area contributed by atoms with E-state index in [0.29, 0.717) is 12.8 Å². The smallest absolute Gasteiger partial charge is 0.371 e. The molecule has 3 N–H and O–H groups in total. The quantitative estimate of drug-likeness (QED) is 0.624. The van der Waals surface area contributed by atoms with E-state index in [2.05, 4.69) is 5.32 Å². The Hall–Kier alpha value is -1.91. The lowest BCUT2D eigenvalue weighted by Gasteiger charge is -2.29. The van der Waals surface area contributed by atoms with Gasteiger partial charge in [-0.25, -0.2) is 13.2 Å². The molecule has 1 aliphatic heterocycles. The van der Waals surface area contributed by atoms with Gasteiger partial charge in [0.1, 0.15) is 6.04 Å². The molecule has 9 nitrogen and oxygen atoms in total. The fourth-order valence-corrected chi connectivity index (χ4v) is 4.14. The minimum atomic E-state index is -4.14. The second-order valence-electron chi connectivity index (χ2n) is 6.93. The van der Waals surface area contributed by atoms with Crippen molar-refractivity contribution >= 4 is 21.9 Å². The van der Waals surface area contributed by atoms with Crippen LogP contribution in [-0.2, 0) is 14.8 Å². The van der Waals surface area contributed by atoms with Gasteiger partial charge in [-0.15, -0.1) is 0 Å². The van der Waals surface area contributed by atoms with Crippen molar-refractivity contribution in [2.24, 2.45) is 5.92 Å². The molecule has 10 heteroatoms. The number of hydrogen-bond donors (Lipinski definition) is 3. The minimum Gasteiger partial charge on any atom is -0.475 e. The van der Waals surface area contributed by atoms with Crippen molar-refractivity contribution in [2.45, 2.75) is 50.3 Å². The maximum atomic E-state index is 12.7. The molecule has 0 radical (unpaired) electrons. The number of aliphatic hydroxyl groups is 1. The molecule has 1 aromatic rings. The maximum absolute atomic E-state index is 12.7. The van der Waals surface area contributed by atoms with Crippen molar-refractivity contribution in [3.63, 3.8) is 0 Å². The van der Waals surface area contributed by atoms with E-state index >= 15 is 0 Å². The Morgan fingerprint density at radius 3 is 2.62 bits per heavy atom. The van der Waals surface area contributed by atoms with Crippen LogP contribution in [-0.4, -0.2) is 59.5 Å². The van der Waals surface area contributed by atoms with Crippen LogP contribution in [0.15, 0.2) is 21.6 Å². The Labute approximate surface area is 152 Å². The van der Waals surface area contributed by atoms with E-state index < -0.39 is 44.4 Å². The zero-order valence-corrected chi connectivity index (χ0v) is 15.7. The summed E-state index contributed by atoms with van der Waals surface area (Å²) >= 11 is 0. The monoisotopic (exact) mass is 388 g/mol. The minimum absolute atomic E-state index is 0.00218. The number of carbonyl (C=O) groups excluding carboxylic acids is 1. The van der Waals surface area contributed by atoms with Crippen LogP contribution in [0, 0.1) is 5.92 Å². The Bertz CT molecular complexity index is 782. The van der Waals surface area contributed by atoms with Crippen LogP contribution in [0.25, 0.3) is 0 Å². The number of hydrogen-bond acceptors (Lipinski definition) is 6. The van der Waals surface area contributed by atoms with Gasteiger partial charge >= 0.3 is 5.97 Å². The summed E-state index contributed by atoms with van der Waals surface area (Å²) in [5, 5.41) is 21.2.